The van der Waals surface area contributed by atoms with Gasteiger partial charge in [0, 0.05) is 30.9 Å². The van der Waals surface area contributed by atoms with Crippen LogP contribution in [0.5, 0.6) is 0 Å². The van der Waals surface area contributed by atoms with Crippen molar-refractivity contribution in [1.29, 1.82) is 5.26 Å². The fourth-order valence-electron chi connectivity index (χ4n) is 3.96. The van der Waals surface area contributed by atoms with Crippen molar-refractivity contribution in [3.63, 3.8) is 0 Å². The van der Waals surface area contributed by atoms with Crippen molar-refractivity contribution in [3.05, 3.63) is 29.8 Å². The Labute approximate surface area is 128 Å². The van der Waals surface area contributed by atoms with E-state index < -0.39 is 0 Å². The smallest absolute Gasteiger partial charge is 0.0991 e. The van der Waals surface area contributed by atoms with Crippen LogP contribution in [0.4, 0.5) is 5.69 Å². The Hall–Kier alpha value is -1.53. The van der Waals surface area contributed by atoms with Gasteiger partial charge in [0.05, 0.1) is 11.6 Å². The minimum absolute atomic E-state index is 0.599. The second-order valence-electron chi connectivity index (χ2n) is 6.86. The summed E-state index contributed by atoms with van der Waals surface area (Å²) in [4.78, 5) is 2.64. The predicted octanol–water partition coefficient (Wildman–Crippen LogP) is 3.48. The summed E-state index contributed by atoms with van der Waals surface area (Å²) in [6.07, 6.45) is 4.06. The van der Waals surface area contributed by atoms with Gasteiger partial charge in [0.25, 0.3) is 0 Å². The maximum Gasteiger partial charge on any atom is 0.0991 e. The standard InChI is InChI=1S/C18H25N3/c1-13(2)21-11-15-4-3-5-16(12-21)18(15)20-17-8-6-14(10-19)7-9-17/h6-9,13,15-16,18,20H,3-5,11-12H2,1-2H3. The maximum atomic E-state index is 8.89. The van der Waals surface area contributed by atoms with E-state index in [1.54, 1.807) is 0 Å². The molecule has 1 N–H and O–H groups in total. The van der Waals surface area contributed by atoms with Gasteiger partial charge in [0.15, 0.2) is 0 Å². The highest BCUT2D eigenvalue weighted by atomic mass is 15.2. The number of likely N-dealkylation sites (tertiary alicyclic amines) is 1. The first-order valence-corrected chi connectivity index (χ1v) is 8.18. The van der Waals surface area contributed by atoms with Gasteiger partial charge in [-0.15, -0.1) is 0 Å². The van der Waals surface area contributed by atoms with E-state index in [1.807, 2.05) is 24.3 Å². The Kier molecular flexibility index (Phi) is 4.17. The molecule has 0 spiro atoms. The summed E-state index contributed by atoms with van der Waals surface area (Å²) in [5.74, 6) is 1.52. The Balaban J connectivity index is 1.71. The molecule has 2 unspecified atom stereocenters. The minimum atomic E-state index is 0.599. The van der Waals surface area contributed by atoms with E-state index in [9.17, 15) is 0 Å². The van der Waals surface area contributed by atoms with Gasteiger partial charge in [0.2, 0.25) is 0 Å². The largest absolute Gasteiger partial charge is 0.382 e. The van der Waals surface area contributed by atoms with E-state index >= 15 is 0 Å². The number of nitrogens with zero attached hydrogens (tertiary/aromatic N) is 2. The number of nitrogens with one attached hydrogen (secondary N) is 1. The first kappa shape index (κ1) is 14.4. The van der Waals surface area contributed by atoms with Crippen molar-refractivity contribution in [1.82, 2.24) is 4.90 Å². The van der Waals surface area contributed by atoms with Gasteiger partial charge in [0.1, 0.15) is 0 Å². The number of benzene rings is 1. The van der Waals surface area contributed by atoms with Crippen LogP contribution in [0.1, 0.15) is 38.7 Å². The Morgan fingerprint density at radius 2 is 1.76 bits per heavy atom. The molecule has 2 bridgehead atoms. The molecule has 1 saturated heterocycles. The molecule has 0 amide bonds. The highest BCUT2D eigenvalue weighted by Crippen LogP contribution is 2.37. The predicted molar refractivity (Wildman–Crippen MR) is 86.1 cm³/mol. The van der Waals surface area contributed by atoms with Crippen LogP contribution in [0.3, 0.4) is 0 Å². The second kappa shape index (κ2) is 6.07. The van der Waals surface area contributed by atoms with Gasteiger partial charge in [-0.05, 0) is 62.8 Å². The van der Waals surface area contributed by atoms with Crippen molar-refractivity contribution < 1.29 is 0 Å². The molecule has 21 heavy (non-hydrogen) atoms. The number of rotatable bonds is 3. The van der Waals surface area contributed by atoms with Crippen LogP contribution < -0.4 is 5.32 Å². The third-order valence-electron chi connectivity index (χ3n) is 5.18. The molecule has 1 aromatic rings. The lowest BCUT2D eigenvalue weighted by Gasteiger charge is -2.49. The molecule has 1 aliphatic carbocycles. The van der Waals surface area contributed by atoms with E-state index in [0.29, 0.717) is 12.1 Å². The molecular weight excluding hydrogens is 258 g/mol. The highest BCUT2D eigenvalue weighted by Gasteiger charge is 2.39. The molecule has 2 fully saturated rings. The van der Waals surface area contributed by atoms with Crippen LogP contribution in [0.15, 0.2) is 24.3 Å². The van der Waals surface area contributed by atoms with E-state index in [1.165, 1.54) is 32.4 Å². The summed E-state index contributed by atoms with van der Waals surface area (Å²) in [6.45, 7) is 7.07. The number of piperidine rings is 1. The molecule has 1 aliphatic heterocycles. The lowest BCUT2D eigenvalue weighted by atomic mass is 9.73. The summed E-state index contributed by atoms with van der Waals surface area (Å²) < 4.78 is 0. The first-order chi connectivity index (χ1) is 10.2. The number of fused-ring (bicyclic) bond motifs is 2. The van der Waals surface area contributed by atoms with Crippen molar-refractivity contribution >= 4 is 5.69 Å². The summed E-state index contributed by atoms with van der Waals surface area (Å²) >= 11 is 0. The van der Waals surface area contributed by atoms with Crippen molar-refractivity contribution in [2.24, 2.45) is 11.8 Å². The molecule has 0 aromatic heterocycles. The fraction of sp³-hybridized carbons (Fsp3) is 0.611. The first-order valence-electron chi connectivity index (χ1n) is 8.18. The molecule has 1 saturated carbocycles. The monoisotopic (exact) mass is 283 g/mol. The van der Waals surface area contributed by atoms with E-state index in [4.69, 9.17) is 5.26 Å². The molecule has 1 aromatic carbocycles. The third-order valence-corrected chi connectivity index (χ3v) is 5.18. The molecule has 0 radical (unpaired) electrons. The van der Waals surface area contributed by atoms with Gasteiger partial charge in [-0.2, -0.15) is 5.26 Å². The van der Waals surface area contributed by atoms with Gasteiger partial charge in [-0.3, -0.25) is 0 Å². The minimum Gasteiger partial charge on any atom is -0.382 e. The highest BCUT2D eigenvalue weighted by molar-refractivity contribution is 5.48. The van der Waals surface area contributed by atoms with Crippen LogP contribution >= 0.6 is 0 Å². The average Bonchev–Trinajstić information content (AvgIpc) is 2.47. The van der Waals surface area contributed by atoms with E-state index in [0.717, 1.165) is 23.1 Å². The lowest BCUT2D eigenvalue weighted by Crippen LogP contribution is -2.56. The number of hydrogen-bond acceptors (Lipinski definition) is 3. The lowest BCUT2D eigenvalue weighted by molar-refractivity contribution is 0.0518. The quantitative estimate of drug-likeness (QED) is 0.923. The number of anilines is 1. The van der Waals surface area contributed by atoms with Gasteiger partial charge in [-0.1, -0.05) is 6.42 Å². The van der Waals surface area contributed by atoms with E-state index in [2.05, 4.69) is 30.1 Å². The van der Waals surface area contributed by atoms with Crippen LogP contribution in [0, 0.1) is 23.2 Å². The second-order valence-corrected chi connectivity index (χ2v) is 6.86. The summed E-state index contributed by atoms with van der Waals surface area (Å²) in [6, 6.07) is 11.3. The van der Waals surface area contributed by atoms with Crippen molar-refractivity contribution in [3.8, 4) is 6.07 Å². The zero-order valence-corrected chi connectivity index (χ0v) is 13.0. The topological polar surface area (TPSA) is 39.1 Å². The zero-order chi connectivity index (χ0) is 14.8. The molecule has 2 atom stereocenters. The van der Waals surface area contributed by atoms with Crippen LogP contribution in [0.2, 0.25) is 0 Å². The number of hydrogen-bond donors (Lipinski definition) is 1. The van der Waals surface area contributed by atoms with Crippen LogP contribution in [-0.4, -0.2) is 30.1 Å². The summed E-state index contributed by atoms with van der Waals surface area (Å²) in [5.41, 5.74) is 1.89. The van der Waals surface area contributed by atoms with Crippen molar-refractivity contribution in [2.75, 3.05) is 18.4 Å². The van der Waals surface area contributed by atoms with Gasteiger partial charge >= 0.3 is 0 Å². The third kappa shape index (κ3) is 3.06. The average molecular weight is 283 g/mol. The van der Waals surface area contributed by atoms with Gasteiger partial charge in [-0.25, -0.2) is 0 Å². The molecule has 2 aliphatic rings. The normalized spacial score (nSPS) is 29.1. The molecular formula is C18H25N3. The van der Waals surface area contributed by atoms with Crippen LogP contribution in [-0.2, 0) is 0 Å². The molecule has 1 heterocycles. The zero-order valence-electron chi connectivity index (χ0n) is 13.0. The maximum absolute atomic E-state index is 8.89. The SMILES string of the molecule is CC(C)N1CC2CCCC(C1)C2Nc1ccc(C#N)cc1. The summed E-state index contributed by atoms with van der Waals surface area (Å²) in [5, 5.41) is 12.6. The number of nitriles is 1. The Morgan fingerprint density at radius 1 is 1.14 bits per heavy atom. The summed E-state index contributed by atoms with van der Waals surface area (Å²) in [7, 11) is 0. The van der Waals surface area contributed by atoms with Crippen molar-refractivity contribution in [2.45, 2.75) is 45.2 Å². The Morgan fingerprint density at radius 3 is 2.29 bits per heavy atom. The molecule has 3 nitrogen and oxygen atoms in total. The fourth-order valence-corrected chi connectivity index (χ4v) is 3.96. The Bertz CT molecular complexity index is 500. The molecule has 112 valence electrons. The molecule has 3 rings (SSSR count). The van der Waals surface area contributed by atoms with Gasteiger partial charge < -0.3 is 10.2 Å². The van der Waals surface area contributed by atoms with Crippen LogP contribution in [0.25, 0.3) is 0 Å². The van der Waals surface area contributed by atoms with E-state index in [-0.39, 0.29) is 0 Å². The molecule has 3 heteroatoms.